The molecule has 3 nitrogen and oxygen atoms in total. The monoisotopic (exact) mass is 335 g/mol. The number of aromatic nitrogens is 1. The molecule has 0 amide bonds. The zero-order valence-electron chi connectivity index (χ0n) is 14.9. The van der Waals surface area contributed by atoms with Gasteiger partial charge in [0.25, 0.3) is 5.56 Å². The van der Waals surface area contributed by atoms with Gasteiger partial charge in [0, 0.05) is 23.6 Å². The molecule has 2 heterocycles. The lowest BCUT2D eigenvalue weighted by Gasteiger charge is -2.44. The number of rotatable bonds is 2. The van der Waals surface area contributed by atoms with Crippen LogP contribution in [0.3, 0.4) is 0 Å². The third kappa shape index (κ3) is 2.72. The second kappa shape index (κ2) is 6.55. The van der Waals surface area contributed by atoms with E-state index in [1.54, 1.807) is 6.20 Å². The van der Waals surface area contributed by atoms with Gasteiger partial charge in [0.1, 0.15) is 11.9 Å². The minimum atomic E-state index is 0.0114. The van der Waals surface area contributed by atoms with E-state index >= 15 is 0 Å². The fraction of sp³-hybridized carbons (Fsp3) is 0.409. The van der Waals surface area contributed by atoms with Gasteiger partial charge in [0.2, 0.25) is 0 Å². The lowest BCUT2D eigenvalue weighted by atomic mass is 9.66. The van der Waals surface area contributed by atoms with Gasteiger partial charge >= 0.3 is 0 Å². The highest BCUT2D eigenvalue weighted by atomic mass is 16.5. The smallest absolute Gasteiger partial charge is 0.255 e. The molecular formula is C22H25NO2. The number of hydrogen-bond acceptors (Lipinski definition) is 2. The molecule has 1 aliphatic carbocycles. The first kappa shape index (κ1) is 16.2. The molecule has 1 aromatic carbocycles. The first-order valence-electron chi connectivity index (χ1n) is 9.31. The van der Waals surface area contributed by atoms with Crippen LogP contribution in [0.2, 0.25) is 0 Å². The van der Waals surface area contributed by atoms with Crippen molar-refractivity contribution in [2.45, 2.75) is 45.1 Å². The second-order valence-electron chi connectivity index (χ2n) is 7.35. The van der Waals surface area contributed by atoms with E-state index in [4.69, 9.17) is 4.74 Å². The van der Waals surface area contributed by atoms with E-state index in [0.29, 0.717) is 11.8 Å². The maximum absolute atomic E-state index is 12.8. The summed E-state index contributed by atoms with van der Waals surface area (Å²) in [6.07, 6.45) is 9.60. The van der Waals surface area contributed by atoms with Gasteiger partial charge in [-0.2, -0.15) is 0 Å². The summed E-state index contributed by atoms with van der Waals surface area (Å²) in [5.41, 5.74) is 2.94. The molecule has 1 aliphatic heterocycles. The molecule has 1 aromatic heterocycles. The SMILES string of the molecule is C/C=C/[C@H]1Oc2c(-c3ccccc3)c[nH]c(=O)c2[C@@H]2[C@@H]1CCC[C@H]2C. The van der Waals surface area contributed by atoms with E-state index in [-0.39, 0.29) is 17.6 Å². The Morgan fingerprint density at radius 1 is 1.20 bits per heavy atom. The first-order chi connectivity index (χ1) is 12.2. The summed E-state index contributed by atoms with van der Waals surface area (Å²) in [5.74, 6) is 1.94. The van der Waals surface area contributed by atoms with Crippen molar-refractivity contribution in [3.8, 4) is 16.9 Å². The molecule has 1 N–H and O–H groups in total. The fourth-order valence-electron chi connectivity index (χ4n) is 4.71. The highest BCUT2D eigenvalue weighted by molar-refractivity contribution is 5.72. The number of H-pyrrole nitrogens is 1. The number of allylic oxidation sites excluding steroid dienone is 1. The Labute approximate surface area is 148 Å². The Morgan fingerprint density at radius 2 is 2.00 bits per heavy atom. The Bertz CT molecular complexity index is 837. The van der Waals surface area contributed by atoms with Crippen molar-refractivity contribution in [1.29, 1.82) is 0 Å². The molecule has 0 unspecified atom stereocenters. The van der Waals surface area contributed by atoms with Crippen LogP contribution in [0.25, 0.3) is 11.1 Å². The molecule has 0 saturated heterocycles. The second-order valence-corrected chi connectivity index (χ2v) is 7.35. The van der Waals surface area contributed by atoms with Crippen LogP contribution in [0.1, 0.15) is 44.6 Å². The number of fused-ring (bicyclic) bond motifs is 3. The fourth-order valence-corrected chi connectivity index (χ4v) is 4.71. The number of nitrogens with one attached hydrogen (secondary N) is 1. The van der Waals surface area contributed by atoms with Gasteiger partial charge in [-0.05, 0) is 30.9 Å². The van der Waals surface area contributed by atoms with Crippen molar-refractivity contribution in [3.63, 3.8) is 0 Å². The summed E-state index contributed by atoms with van der Waals surface area (Å²) in [6.45, 7) is 4.32. The average molecular weight is 335 g/mol. The van der Waals surface area contributed by atoms with Crippen LogP contribution in [0.4, 0.5) is 0 Å². The molecule has 4 rings (SSSR count). The van der Waals surface area contributed by atoms with Crippen molar-refractivity contribution in [2.75, 3.05) is 0 Å². The van der Waals surface area contributed by atoms with Gasteiger partial charge in [0.05, 0.1) is 5.56 Å². The van der Waals surface area contributed by atoms with Gasteiger partial charge in [-0.15, -0.1) is 0 Å². The first-order valence-corrected chi connectivity index (χ1v) is 9.31. The normalized spacial score (nSPS) is 28.2. The van der Waals surface area contributed by atoms with Crippen LogP contribution in [-0.4, -0.2) is 11.1 Å². The molecule has 1 saturated carbocycles. The molecule has 0 bridgehead atoms. The standard InChI is InChI=1S/C22H25NO2/c1-3-8-18-16-12-7-9-14(2)19(16)20-21(25-18)17(13-23-22(20)24)15-10-5-4-6-11-15/h3-6,8,10-11,13-14,16,18-19H,7,9,12H2,1-2H3,(H,23,24)/b8-3+/t14-,16-,18-,19+/m1/s1. The number of hydrogen-bond donors (Lipinski definition) is 1. The molecular weight excluding hydrogens is 310 g/mol. The highest BCUT2D eigenvalue weighted by Gasteiger charge is 2.44. The van der Waals surface area contributed by atoms with E-state index in [1.807, 2.05) is 25.1 Å². The van der Waals surface area contributed by atoms with Gasteiger partial charge in [-0.1, -0.05) is 56.2 Å². The zero-order valence-corrected chi connectivity index (χ0v) is 14.9. The molecule has 130 valence electrons. The summed E-state index contributed by atoms with van der Waals surface area (Å²) in [7, 11) is 0. The van der Waals surface area contributed by atoms with Crippen molar-refractivity contribution >= 4 is 0 Å². The van der Waals surface area contributed by atoms with Crippen LogP contribution < -0.4 is 10.3 Å². The number of ether oxygens (including phenoxy) is 1. The zero-order chi connectivity index (χ0) is 17.4. The lowest BCUT2D eigenvalue weighted by Crippen LogP contribution is -2.42. The number of pyridine rings is 1. The topological polar surface area (TPSA) is 42.1 Å². The Hall–Kier alpha value is -2.29. The molecule has 3 heteroatoms. The summed E-state index contributed by atoms with van der Waals surface area (Å²) in [5, 5.41) is 0. The van der Waals surface area contributed by atoms with Crippen molar-refractivity contribution in [3.05, 3.63) is 64.6 Å². The molecule has 2 aliphatic rings. The van der Waals surface area contributed by atoms with Gasteiger partial charge in [0.15, 0.2) is 0 Å². The van der Waals surface area contributed by atoms with E-state index in [0.717, 1.165) is 28.9 Å². The predicted octanol–water partition coefficient (Wildman–Crippen LogP) is 4.90. The average Bonchev–Trinajstić information content (AvgIpc) is 2.63. The summed E-state index contributed by atoms with van der Waals surface area (Å²) < 4.78 is 6.45. The third-order valence-electron chi connectivity index (χ3n) is 5.83. The van der Waals surface area contributed by atoms with E-state index in [1.165, 1.54) is 12.8 Å². The number of aromatic amines is 1. The number of benzene rings is 1. The van der Waals surface area contributed by atoms with E-state index in [2.05, 4.69) is 36.2 Å². The van der Waals surface area contributed by atoms with Gasteiger partial charge in [-0.25, -0.2) is 0 Å². The highest BCUT2D eigenvalue weighted by Crippen LogP contribution is 2.51. The molecule has 0 spiro atoms. The minimum Gasteiger partial charge on any atom is -0.485 e. The van der Waals surface area contributed by atoms with Crippen LogP contribution in [0, 0.1) is 11.8 Å². The van der Waals surface area contributed by atoms with Crippen LogP contribution in [0.15, 0.2) is 53.5 Å². The summed E-state index contributed by atoms with van der Waals surface area (Å²) in [6, 6.07) is 10.2. The van der Waals surface area contributed by atoms with Crippen molar-refractivity contribution < 1.29 is 4.74 Å². The van der Waals surface area contributed by atoms with Crippen molar-refractivity contribution in [1.82, 2.24) is 4.98 Å². The van der Waals surface area contributed by atoms with Gasteiger partial charge < -0.3 is 9.72 Å². The Kier molecular flexibility index (Phi) is 4.24. The molecule has 25 heavy (non-hydrogen) atoms. The summed E-state index contributed by atoms with van der Waals surface area (Å²) in [4.78, 5) is 15.7. The third-order valence-corrected chi connectivity index (χ3v) is 5.83. The van der Waals surface area contributed by atoms with E-state index < -0.39 is 0 Å². The van der Waals surface area contributed by atoms with Crippen molar-refractivity contribution in [2.24, 2.45) is 11.8 Å². The van der Waals surface area contributed by atoms with Crippen LogP contribution in [-0.2, 0) is 0 Å². The quantitative estimate of drug-likeness (QED) is 0.793. The van der Waals surface area contributed by atoms with Crippen LogP contribution >= 0.6 is 0 Å². The molecule has 2 aromatic rings. The lowest BCUT2D eigenvalue weighted by molar-refractivity contribution is 0.0784. The molecule has 0 radical (unpaired) electrons. The van der Waals surface area contributed by atoms with E-state index in [9.17, 15) is 4.79 Å². The maximum atomic E-state index is 12.8. The Morgan fingerprint density at radius 3 is 2.76 bits per heavy atom. The maximum Gasteiger partial charge on any atom is 0.255 e. The van der Waals surface area contributed by atoms with Gasteiger partial charge in [-0.3, -0.25) is 4.79 Å². The summed E-state index contributed by atoms with van der Waals surface area (Å²) >= 11 is 0. The Balaban J connectivity index is 1.93. The molecule has 1 fully saturated rings. The largest absolute Gasteiger partial charge is 0.485 e. The molecule has 4 atom stereocenters. The predicted molar refractivity (Wildman–Crippen MR) is 101 cm³/mol. The minimum absolute atomic E-state index is 0.0114. The van der Waals surface area contributed by atoms with Crippen LogP contribution in [0.5, 0.6) is 5.75 Å².